The van der Waals surface area contributed by atoms with Gasteiger partial charge in [-0.25, -0.2) is 8.42 Å². The summed E-state index contributed by atoms with van der Waals surface area (Å²) in [5, 5.41) is 0. The minimum atomic E-state index is -3.46. The van der Waals surface area contributed by atoms with Crippen LogP contribution in [0.15, 0.2) is 20.1 Å². The van der Waals surface area contributed by atoms with Crippen LogP contribution in [0.5, 0.6) is 0 Å². The predicted octanol–water partition coefficient (Wildman–Crippen LogP) is 2.61. The molecule has 6 nitrogen and oxygen atoms in total. The van der Waals surface area contributed by atoms with E-state index >= 15 is 0 Å². The number of likely N-dealkylation sites (tertiary alicyclic amines) is 1. The number of piperazine rings is 1. The zero-order valence-electron chi connectivity index (χ0n) is 15.1. The third-order valence-corrected chi connectivity index (χ3v) is 9.09. The molecule has 0 radical (unpaired) electrons. The lowest BCUT2D eigenvalue weighted by Crippen LogP contribution is -2.56. The molecule has 3 rings (SSSR count). The highest BCUT2D eigenvalue weighted by Crippen LogP contribution is 2.29. The summed E-state index contributed by atoms with van der Waals surface area (Å²) >= 11 is 4.54. The van der Waals surface area contributed by atoms with E-state index in [9.17, 15) is 13.2 Å². The molecule has 26 heavy (non-hydrogen) atoms. The Balaban J connectivity index is 1.61. The number of piperidine rings is 1. The minimum absolute atomic E-state index is 0.0277. The molecule has 0 saturated carbocycles. The second-order valence-corrected chi connectivity index (χ2v) is 11.5. The molecule has 2 aliphatic heterocycles. The molecule has 1 amide bonds. The summed E-state index contributed by atoms with van der Waals surface area (Å²) in [7, 11) is -3.46. The summed E-state index contributed by atoms with van der Waals surface area (Å²) in [5.41, 5.74) is 0. The topological polar surface area (TPSA) is 60.9 Å². The fraction of sp³-hybridized carbons (Fsp3) is 0.706. The predicted molar refractivity (Wildman–Crippen MR) is 107 cm³/mol. The molecule has 0 spiro atoms. The molecule has 3 heterocycles. The normalized spacial score (nSPS) is 23.3. The molecule has 0 aromatic carbocycles. The van der Waals surface area contributed by atoms with Crippen molar-refractivity contribution in [2.75, 3.05) is 39.3 Å². The Hall–Kier alpha value is -0.480. The van der Waals surface area contributed by atoms with Crippen molar-refractivity contribution < 1.29 is 13.2 Å². The molecule has 2 aliphatic rings. The molecule has 0 aliphatic carbocycles. The van der Waals surface area contributed by atoms with Crippen LogP contribution in [0, 0.1) is 0 Å². The van der Waals surface area contributed by atoms with E-state index in [4.69, 9.17) is 0 Å². The maximum absolute atomic E-state index is 13.0. The number of amides is 1. The van der Waals surface area contributed by atoms with Gasteiger partial charge in [-0.1, -0.05) is 13.3 Å². The molecular weight excluding hydrogens is 438 g/mol. The van der Waals surface area contributed by atoms with E-state index in [2.05, 4.69) is 27.8 Å². The highest BCUT2D eigenvalue weighted by Gasteiger charge is 2.35. The molecule has 1 atom stereocenters. The van der Waals surface area contributed by atoms with Crippen LogP contribution in [0.1, 0.15) is 32.6 Å². The van der Waals surface area contributed by atoms with Gasteiger partial charge in [0.2, 0.25) is 5.91 Å². The number of halogens is 1. The summed E-state index contributed by atoms with van der Waals surface area (Å²) in [6, 6.07) is 3.36. The van der Waals surface area contributed by atoms with E-state index in [0.29, 0.717) is 30.4 Å². The van der Waals surface area contributed by atoms with Crippen LogP contribution in [-0.4, -0.2) is 73.7 Å². The largest absolute Gasteiger partial charge is 0.339 e. The zero-order valence-corrected chi connectivity index (χ0v) is 18.3. The summed E-state index contributed by atoms with van der Waals surface area (Å²) in [6.45, 7) is 5.77. The van der Waals surface area contributed by atoms with Crippen molar-refractivity contribution in [3.8, 4) is 0 Å². The second-order valence-electron chi connectivity index (χ2n) is 6.84. The third-order valence-electron chi connectivity index (χ3n) is 5.10. The summed E-state index contributed by atoms with van der Waals surface area (Å²) in [5.74, 6) is 0.175. The lowest BCUT2D eigenvalue weighted by atomic mass is 10.0. The van der Waals surface area contributed by atoms with E-state index in [1.54, 1.807) is 12.1 Å². The number of carbonyl (C=O) groups is 1. The number of rotatable bonds is 5. The summed E-state index contributed by atoms with van der Waals surface area (Å²) < 4.78 is 28.1. The monoisotopic (exact) mass is 463 g/mol. The van der Waals surface area contributed by atoms with Crippen molar-refractivity contribution in [1.29, 1.82) is 0 Å². The SMILES string of the molecule is CCCN1CCCCC1C(=O)N1CCN(S(=O)(=O)c2ccc(Br)s2)CC1. The smallest absolute Gasteiger partial charge is 0.252 e. The Labute approximate surface area is 168 Å². The molecule has 9 heteroatoms. The molecule has 2 saturated heterocycles. The Morgan fingerprint density at radius 1 is 1.19 bits per heavy atom. The Morgan fingerprint density at radius 2 is 1.92 bits per heavy atom. The fourth-order valence-corrected chi connectivity index (χ4v) is 7.34. The first-order valence-corrected chi connectivity index (χ1v) is 12.3. The van der Waals surface area contributed by atoms with Crippen LogP contribution < -0.4 is 0 Å². The van der Waals surface area contributed by atoms with E-state index in [-0.39, 0.29) is 11.9 Å². The van der Waals surface area contributed by atoms with Crippen molar-refractivity contribution in [3.05, 3.63) is 15.9 Å². The Morgan fingerprint density at radius 3 is 2.54 bits per heavy atom. The van der Waals surface area contributed by atoms with E-state index in [1.165, 1.54) is 15.6 Å². The van der Waals surface area contributed by atoms with Gasteiger partial charge in [0.15, 0.2) is 0 Å². The zero-order chi connectivity index (χ0) is 18.7. The number of hydrogen-bond donors (Lipinski definition) is 0. The van der Waals surface area contributed by atoms with E-state index in [1.807, 2.05) is 4.90 Å². The third kappa shape index (κ3) is 4.32. The van der Waals surface area contributed by atoms with Crippen molar-refractivity contribution in [2.24, 2.45) is 0 Å². The maximum Gasteiger partial charge on any atom is 0.252 e. The van der Waals surface area contributed by atoms with E-state index in [0.717, 1.165) is 42.6 Å². The maximum atomic E-state index is 13.0. The van der Waals surface area contributed by atoms with Crippen LogP contribution in [0.4, 0.5) is 0 Å². The molecule has 1 aromatic rings. The molecule has 146 valence electrons. The highest BCUT2D eigenvalue weighted by atomic mass is 79.9. The lowest BCUT2D eigenvalue weighted by molar-refractivity contribution is -0.139. The van der Waals surface area contributed by atoms with Gasteiger partial charge in [-0.2, -0.15) is 4.31 Å². The molecular formula is C17H26BrN3O3S2. The number of sulfonamides is 1. The van der Waals surface area contributed by atoms with Crippen LogP contribution >= 0.6 is 27.3 Å². The van der Waals surface area contributed by atoms with Gasteiger partial charge in [0.05, 0.1) is 9.83 Å². The van der Waals surface area contributed by atoms with Crippen molar-refractivity contribution in [1.82, 2.24) is 14.1 Å². The number of nitrogens with zero attached hydrogens (tertiary/aromatic N) is 3. The van der Waals surface area contributed by atoms with Gasteiger partial charge in [0, 0.05) is 26.2 Å². The average molecular weight is 464 g/mol. The van der Waals surface area contributed by atoms with Gasteiger partial charge in [-0.3, -0.25) is 9.69 Å². The standard InChI is InChI=1S/C17H26BrN3O3S2/c1-2-8-19-9-4-3-5-14(19)17(22)20-10-12-21(13-11-20)26(23,24)16-7-6-15(18)25-16/h6-7,14H,2-5,8-13H2,1H3. The number of thiophene rings is 1. The van der Waals surface area contributed by atoms with Crippen LogP contribution in [0.3, 0.4) is 0 Å². The first-order valence-electron chi connectivity index (χ1n) is 9.22. The Kier molecular flexibility index (Phi) is 6.77. The summed E-state index contributed by atoms with van der Waals surface area (Å²) in [4.78, 5) is 17.1. The second kappa shape index (κ2) is 8.68. The first kappa shape index (κ1) is 20.3. The minimum Gasteiger partial charge on any atom is -0.339 e. The van der Waals surface area contributed by atoms with Gasteiger partial charge >= 0.3 is 0 Å². The first-order chi connectivity index (χ1) is 12.4. The van der Waals surface area contributed by atoms with Gasteiger partial charge < -0.3 is 4.90 Å². The van der Waals surface area contributed by atoms with Crippen molar-refractivity contribution >= 4 is 43.2 Å². The van der Waals surface area contributed by atoms with Crippen molar-refractivity contribution in [2.45, 2.75) is 42.9 Å². The lowest BCUT2D eigenvalue weighted by Gasteiger charge is -2.40. The molecule has 1 unspecified atom stereocenters. The average Bonchev–Trinajstić information content (AvgIpc) is 3.09. The fourth-order valence-electron chi connectivity index (χ4n) is 3.75. The van der Waals surface area contributed by atoms with Crippen molar-refractivity contribution in [3.63, 3.8) is 0 Å². The van der Waals surface area contributed by atoms with E-state index < -0.39 is 10.0 Å². The van der Waals surface area contributed by atoms with Gasteiger partial charge in [0.25, 0.3) is 10.0 Å². The number of hydrogen-bond acceptors (Lipinski definition) is 5. The molecule has 1 aromatic heterocycles. The van der Waals surface area contributed by atoms with Crippen LogP contribution in [0.25, 0.3) is 0 Å². The molecule has 0 bridgehead atoms. The van der Waals surface area contributed by atoms with Gasteiger partial charge in [0.1, 0.15) is 4.21 Å². The van der Waals surface area contributed by atoms with Gasteiger partial charge in [-0.05, 0) is 60.4 Å². The summed E-state index contributed by atoms with van der Waals surface area (Å²) in [6.07, 6.45) is 4.22. The van der Waals surface area contributed by atoms with Gasteiger partial charge in [-0.15, -0.1) is 11.3 Å². The van der Waals surface area contributed by atoms with Crippen LogP contribution in [0.2, 0.25) is 0 Å². The molecule has 0 N–H and O–H groups in total. The molecule has 2 fully saturated rings. The highest BCUT2D eigenvalue weighted by molar-refractivity contribution is 9.11. The quantitative estimate of drug-likeness (QED) is 0.672. The number of carbonyl (C=O) groups excluding carboxylic acids is 1. The van der Waals surface area contributed by atoms with Crippen LogP contribution in [-0.2, 0) is 14.8 Å². The Bertz CT molecular complexity index is 727.